The number of ether oxygens (including phenoxy) is 1. The molecule has 1 N–H and O–H groups in total. The average Bonchev–Trinajstić information content (AvgIpc) is 3.62. The van der Waals surface area contributed by atoms with E-state index >= 15 is 0 Å². The molecule has 1 unspecified atom stereocenters. The number of aliphatic imine (C=N–C) groups is 1. The molecule has 4 atom stereocenters. The maximum Gasteiger partial charge on any atom is 0.321 e. The lowest BCUT2D eigenvalue weighted by Crippen LogP contribution is -2.46. The summed E-state index contributed by atoms with van der Waals surface area (Å²) in [5.74, 6) is 1.89. The number of carboxylic acid groups (broad SMARTS) is 1. The highest BCUT2D eigenvalue weighted by atomic mass is 16.5. The second-order valence-corrected chi connectivity index (χ2v) is 12.6. The van der Waals surface area contributed by atoms with Gasteiger partial charge in [-0.3, -0.25) is 9.69 Å². The standard InChI is InChI=1S/C34H45N3O3/c38-34(39)32(27-14-8-3-9-15-27)37-22-29(31(23-37)26-12-6-2-7-13-26)21-36-18-16-28(17-19-36)33-35-30(24-40-33)20-25-10-4-1-5-11-25/h1-2,4-7,10-13,27-32H,3,8-9,14-24H2,(H,38,39)/t29-,30+,31?,32+/m0/s1. The van der Waals surface area contributed by atoms with Gasteiger partial charge in [0, 0.05) is 31.5 Å². The van der Waals surface area contributed by atoms with Crippen molar-refractivity contribution in [3.63, 3.8) is 0 Å². The maximum atomic E-state index is 12.5. The van der Waals surface area contributed by atoms with Gasteiger partial charge in [-0.05, 0) is 68.2 Å². The third-order valence-corrected chi connectivity index (χ3v) is 9.92. The van der Waals surface area contributed by atoms with Crippen LogP contribution in [0, 0.1) is 17.8 Å². The molecule has 3 fully saturated rings. The van der Waals surface area contributed by atoms with E-state index in [1.165, 1.54) is 30.4 Å². The third-order valence-electron chi connectivity index (χ3n) is 9.92. The molecule has 6 nitrogen and oxygen atoms in total. The molecule has 1 saturated carbocycles. The predicted molar refractivity (Wildman–Crippen MR) is 159 cm³/mol. The van der Waals surface area contributed by atoms with Crippen LogP contribution >= 0.6 is 0 Å². The first-order valence-corrected chi connectivity index (χ1v) is 15.6. The first kappa shape index (κ1) is 27.5. The smallest absolute Gasteiger partial charge is 0.321 e. The van der Waals surface area contributed by atoms with Gasteiger partial charge in [-0.25, -0.2) is 4.99 Å². The monoisotopic (exact) mass is 543 g/mol. The van der Waals surface area contributed by atoms with Gasteiger partial charge in [-0.1, -0.05) is 79.9 Å². The van der Waals surface area contributed by atoms with Crippen molar-refractivity contribution in [2.24, 2.45) is 22.7 Å². The Hall–Kier alpha value is -2.70. The summed E-state index contributed by atoms with van der Waals surface area (Å²) in [7, 11) is 0. The molecule has 2 saturated heterocycles. The molecule has 4 aliphatic rings. The molecule has 0 bridgehead atoms. The fourth-order valence-electron chi connectivity index (χ4n) is 7.84. The summed E-state index contributed by atoms with van der Waals surface area (Å²) in [4.78, 5) is 22.5. The van der Waals surface area contributed by atoms with Crippen molar-refractivity contribution in [2.45, 2.75) is 69.4 Å². The number of hydrogen-bond acceptors (Lipinski definition) is 5. The number of carboxylic acids is 1. The Bertz CT molecular complexity index is 1130. The third kappa shape index (κ3) is 6.44. The molecular formula is C34H45N3O3. The number of aliphatic carboxylic acids is 1. The van der Waals surface area contributed by atoms with Crippen molar-refractivity contribution >= 4 is 11.9 Å². The van der Waals surface area contributed by atoms with Gasteiger partial charge in [-0.2, -0.15) is 0 Å². The van der Waals surface area contributed by atoms with Crippen LogP contribution in [0.25, 0.3) is 0 Å². The second-order valence-electron chi connectivity index (χ2n) is 12.6. The number of carbonyl (C=O) groups is 1. The number of nitrogens with zero attached hydrogens (tertiary/aromatic N) is 3. The Balaban J connectivity index is 1.08. The molecule has 6 rings (SSSR count). The van der Waals surface area contributed by atoms with E-state index in [1.54, 1.807) is 0 Å². The molecule has 2 aromatic rings. The minimum atomic E-state index is -0.622. The molecule has 2 aromatic carbocycles. The summed E-state index contributed by atoms with van der Waals surface area (Å²) >= 11 is 0. The Morgan fingerprint density at radius 3 is 2.33 bits per heavy atom. The highest BCUT2D eigenvalue weighted by Crippen LogP contribution is 2.39. The average molecular weight is 544 g/mol. The largest absolute Gasteiger partial charge is 0.480 e. The summed E-state index contributed by atoms with van der Waals surface area (Å²) in [6, 6.07) is 21.3. The van der Waals surface area contributed by atoms with Crippen LogP contribution in [-0.2, 0) is 16.0 Å². The van der Waals surface area contributed by atoms with Crippen molar-refractivity contribution in [2.75, 3.05) is 39.3 Å². The first-order valence-electron chi connectivity index (χ1n) is 15.6. The predicted octanol–water partition coefficient (Wildman–Crippen LogP) is 5.49. The molecule has 0 radical (unpaired) electrons. The highest BCUT2D eigenvalue weighted by molar-refractivity contribution is 5.80. The summed E-state index contributed by atoms with van der Waals surface area (Å²) in [6.07, 6.45) is 8.82. The number of rotatable bonds is 9. The van der Waals surface area contributed by atoms with E-state index < -0.39 is 5.97 Å². The van der Waals surface area contributed by atoms with Crippen molar-refractivity contribution < 1.29 is 14.6 Å². The quantitative estimate of drug-likeness (QED) is 0.453. The zero-order valence-electron chi connectivity index (χ0n) is 23.7. The van der Waals surface area contributed by atoms with Gasteiger partial charge in [0.2, 0.25) is 0 Å². The van der Waals surface area contributed by atoms with Gasteiger partial charge in [0.15, 0.2) is 5.90 Å². The molecule has 1 aliphatic carbocycles. The molecule has 3 heterocycles. The number of piperidine rings is 1. The van der Waals surface area contributed by atoms with Crippen LogP contribution in [0.1, 0.15) is 62.0 Å². The van der Waals surface area contributed by atoms with Crippen LogP contribution in [0.15, 0.2) is 65.7 Å². The van der Waals surface area contributed by atoms with Gasteiger partial charge >= 0.3 is 5.97 Å². The molecule has 0 aromatic heterocycles. The van der Waals surface area contributed by atoms with Gasteiger partial charge in [0.25, 0.3) is 0 Å². The van der Waals surface area contributed by atoms with E-state index in [0.717, 1.165) is 70.7 Å². The minimum Gasteiger partial charge on any atom is -0.480 e. The fourth-order valence-corrected chi connectivity index (χ4v) is 7.84. The number of benzene rings is 2. The van der Waals surface area contributed by atoms with Gasteiger partial charge in [0.05, 0.1) is 6.04 Å². The zero-order valence-corrected chi connectivity index (χ0v) is 23.7. The lowest BCUT2D eigenvalue weighted by atomic mass is 9.83. The van der Waals surface area contributed by atoms with Crippen molar-refractivity contribution in [1.29, 1.82) is 0 Å². The summed E-state index contributed by atoms with van der Waals surface area (Å²) in [5.41, 5.74) is 2.68. The van der Waals surface area contributed by atoms with Crippen molar-refractivity contribution in [1.82, 2.24) is 9.80 Å². The van der Waals surface area contributed by atoms with E-state index in [-0.39, 0.29) is 18.0 Å². The molecule has 6 heteroatoms. The van der Waals surface area contributed by atoms with Crippen LogP contribution < -0.4 is 0 Å². The number of likely N-dealkylation sites (tertiary alicyclic amines) is 2. The first-order chi connectivity index (χ1) is 19.6. The Kier molecular flexibility index (Phi) is 8.83. The SMILES string of the molecule is O=C(O)[C@@H](C1CCCCC1)N1CC(c2ccccc2)[C@@H](CN2CCC(C3=N[C@H](Cc4ccccc4)CO3)CC2)C1. The Morgan fingerprint density at radius 2 is 1.62 bits per heavy atom. The van der Waals surface area contributed by atoms with Crippen molar-refractivity contribution in [3.05, 3.63) is 71.8 Å². The Morgan fingerprint density at radius 1 is 0.925 bits per heavy atom. The van der Waals surface area contributed by atoms with Crippen LogP contribution in [0.5, 0.6) is 0 Å². The van der Waals surface area contributed by atoms with Gasteiger partial charge in [0.1, 0.15) is 12.6 Å². The lowest BCUT2D eigenvalue weighted by molar-refractivity contribution is -0.145. The van der Waals surface area contributed by atoms with E-state index in [9.17, 15) is 9.90 Å². The van der Waals surface area contributed by atoms with Crippen LogP contribution in [0.2, 0.25) is 0 Å². The molecule has 0 spiro atoms. The molecule has 214 valence electrons. The summed E-state index contributed by atoms with van der Waals surface area (Å²) < 4.78 is 6.11. The van der Waals surface area contributed by atoms with E-state index in [2.05, 4.69) is 70.5 Å². The summed E-state index contributed by atoms with van der Waals surface area (Å²) in [5, 5.41) is 10.3. The Labute approximate surface area is 239 Å². The van der Waals surface area contributed by atoms with Gasteiger partial charge in [-0.15, -0.1) is 0 Å². The van der Waals surface area contributed by atoms with Crippen LogP contribution in [0.3, 0.4) is 0 Å². The normalized spacial score (nSPS) is 27.8. The van der Waals surface area contributed by atoms with Crippen molar-refractivity contribution in [3.8, 4) is 0 Å². The van der Waals surface area contributed by atoms with E-state index in [1.807, 2.05) is 0 Å². The lowest BCUT2D eigenvalue weighted by Gasteiger charge is -2.35. The molecule has 3 aliphatic heterocycles. The molecule has 0 amide bonds. The maximum absolute atomic E-state index is 12.5. The zero-order chi connectivity index (χ0) is 27.3. The van der Waals surface area contributed by atoms with E-state index in [0.29, 0.717) is 24.4 Å². The summed E-state index contributed by atoms with van der Waals surface area (Å²) in [6.45, 7) is 5.57. The van der Waals surface area contributed by atoms with E-state index in [4.69, 9.17) is 9.73 Å². The molecule has 40 heavy (non-hydrogen) atoms. The fraction of sp³-hybridized carbons (Fsp3) is 0.588. The van der Waals surface area contributed by atoms with Crippen LogP contribution in [0.4, 0.5) is 0 Å². The molecular weight excluding hydrogens is 498 g/mol. The highest BCUT2D eigenvalue weighted by Gasteiger charge is 2.43. The van der Waals surface area contributed by atoms with Gasteiger partial charge < -0.3 is 14.7 Å². The second kappa shape index (κ2) is 12.9. The topological polar surface area (TPSA) is 65.4 Å². The minimum absolute atomic E-state index is 0.234. The number of hydrogen-bond donors (Lipinski definition) is 1. The van der Waals surface area contributed by atoms with Crippen LogP contribution in [-0.4, -0.2) is 78.2 Å².